The Morgan fingerprint density at radius 3 is 2.67 bits per heavy atom. The van der Waals surface area contributed by atoms with E-state index in [1.165, 1.54) is 35.2 Å². The monoisotopic (exact) mass is 409 g/mol. The molecule has 7 nitrogen and oxygen atoms in total. The smallest absolute Gasteiger partial charge is 0.227 e. The van der Waals surface area contributed by atoms with Gasteiger partial charge in [0.2, 0.25) is 11.8 Å². The molecule has 0 radical (unpaired) electrons. The Morgan fingerprint density at radius 1 is 1.26 bits per heavy atom. The lowest BCUT2D eigenvalue weighted by Gasteiger charge is -2.11. The number of nitrogens with zero attached hydrogens (tertiary/aromatic N) is 1. The SMILES string of the molecule is CCCNC(=O)Cc1csc(Sc2cc(O)c(NC(=O)C(C)C)cc2O)n1. The topological polar surface area (TPSA) is 112 Å². The van der Waals surface area contributed by atoms with Gasteiger partial charge in [-0.3, -0.25) is 9.59 Å². The lowest BCUT2D eigenvalue weighted by Crippen LogP contribution is -2.25. The minimum Gasteiger partial charge on any atom is -0.507 e. The van der Waals surface area contributed by atoms with Crippen molar-refractivity contribution < 1.29 is 19.8 Å². The molecule has 9 heteroatoms. The van der Waals surface area contributed by atoms with Crippen LogP contribution in [0.15, 0.2) is 26.7 Å². The fourth-order valence-corrected chi connectivity index (χ4v) is 3.85. The van der Waals surface area contributed by atoms with Gasteiger partial charge in [-0.15, -0.1) is 11.3 Å². The lowest BCUT2D eigenvalue weighted by molar-refractivity contribution is -0.120. The molecule has 1 aromatic carbocycles. The molecule has 0 fully saturated rings. The molecular weight excluding hydrogens is 386 g/mol. The maximum atomic E-state index is 11.8. The Balaban J connectivity index is 2.06. The van der Waals surface area contributed by atoms with E-state index in [-0.39, 0.29) is 41.3 Å². The zero-order chi connectivity index (χ0) is 20.0. The van der Waals surface area contributed by atoms with Gasteiger partial charge >= 0.3 is 0 Å². The minimum absolute atomic E-state index is 0.0747. The summed E-state index contributed by atoms with van der Waals surface area (Å²) in [7, 11) is 0. The Kier molecular flexibility index (Phi) is 7.49. The number of nitrogens with one attached hydrogen (secondary N) is 2. The molecule has 0 aliphatic carbocycles. The number of amides is 2. The molecule has 4 N–H and O–H groups in total. The van der Waals surface area contributed by atoms with Crippen molar-refractivity contribution in [1.82, 2.24) is 10.3 Å². The van der Waals surface area contributed by atoms with Gasteiger partial charge in [-0.25, -0.2) is 4.98 Å². The average molecular weight is 410 g/mol. The van der Waals surface area contributed by atoms with E-state index >= 15 is 0 Å². The van der Waals surface area contributed by atoms with Crippen LogP contribution in [0.5, 0.6) is 11.5 Å². The molecule has 146 valence electrons. The van der Waals surface area contributed by atoms with Crippen LogP contribution >= 0.6 is 23.1 Å². The number of carbonyl (C=O) groups excluding carboxylic acids is 2. The number of aromatic nitrogens is 1. The maximum Gasteiger partial charge on any atom is 0.227 e. The zero-order valence-electron chi connectivity index (χ0n) is 15.4. The highest BCUT2D eigenvalue weighted by Gasteiger charge is 2.15. The van der Waals surface area contributed by atoms with E-state index in [1.807, 2.05) is 6.92 Å². The summed E-state index contributed by atoms with van der Waals surface area (Å²) in [6.45, 7) is 6.09. The van der Waals surface area contributed by atoms with Gasteiger partial charge in [-0.05, 0) is 12.5 Å². The summed E-state index contributed by atoms with van der Waals surface area (Å²) in [6.07, 6.45) is 1.08. The van der Waals surface area contributed by atoms with E-state index in [1.54, 1.807) is 19.2 Å². The third-order valence-electron chi connectivity index (χ3n) is 3.50. The van der Waals surface area contributed by atoms with Crippen LogP contribution < -0.4 is 10.6 Å². The van der Waals surface area contributed by atoms with Gasteiger partial charge in [0.15, 0.2) is 4.34 Å². The van der Waals surface area contributed by atoms with Crippen LogP contribution in [0.1, 0.15) is 32.9 Å². The molecule has 0 saturated heterocycles. The standard InChI is InChI=1S/C18H23N3O4S2/c1-4-5-19-16(24)6-11-9-26-18(20-11)27-15-8-13(22)12(7-14(15)23)21-17(25)10(2)3/h7-10,22-23H,4-6H2,1-3H3,(H,19,24)(H,21,25). The number of hydrogen-bond acceptors (Lipinski definition) is 7. The molecule has 2 aromatic rings. The van der Waals surface area contributed by atoms with Crippen molar-refractivity contribution in [3.05, 3.63) is 23.2 Å². The van der Waals surface area contributed by atoms with E-state index in [2.05, 4.69) is 15.6 Å². The highest BCUT2D eigenvalue weighted by molar-refractivity contribution is 8.01. The predicted octanol–water partition coefficient (Wildman–Crippen LogP) is 3.37. The summed E-state index contributed by atoms with van der Waals surface area (Å²) in [5.41, 5.74) is 0.809. The highest BCUT2D eigenvalue weighted by atomic mass is 32.2. The average Bonchev–Trinajstić information content (AvgIpc) is 3.04. The molecule has 0 bridgehead atoms. The number of anilines is 1. The first kappa shape index (κ1) is 21.0. The van der Waals surface area contributed by atoms with Gasteiger partial charge in [-0.1, -0.05) is 32.5 Å². The van der Waals surface area contributed by atoms with E-state index in [9.17, 15) is 19.8 Å². The van der Waals surface area contributed by atoms with Crippen LogP contribution in [0, 0.1) is 5.92 Å². The normalized spacial score (nSPS) is 10.8. The third kappa shape index (κ3) is 6.14. The number of benzene rings is 1. The van der Waals surface area contributed by atoms with E-state index in [4.69, 9.17) is 0 Å². The van der Waals surface area contributed by atoms with Gasteiger partial charge in [0.1, 0.15) is 11.5 Å². The highest BCUT2D eigenvalue weighted by Crippen LogP contribution is 2.41. The summed E-state index contributed by atoms with van der Waals surface area (Å²) in [5, 5.41) is 27.5. The first-order valence-corrected chi connectivity index (χ1v) is 10.3. The summed E-state index contributed by atoms with van der Waals surface area (Å²) < 4.78 is 0.641. The summed E-state index contributed by atoms with van der Waals surface area (Å²) in [6, 6.07) is 2.69. The van der Waals surface area contributed by atoms with Crippen molar-refractivity contribution in [3.63, 3.8) is 0 Å². The summed E-state index contributed by atoms with van der Waals surface area (Å²) >= 11 is 2.53. The minimum atomic E-state index is -0.254. The second kappa shape index (κ2) is 9.61. The van der Waals surface area contributed by atoms with Crippen LogP contribution in [0.3, 0.4) is 0 Å². The van der Waals surface area contributed by atoms with Crippen LogP contribution in [0.25, 0.3) is 0 Å². The molecule has 2 amide bonds. The van der Waals surface area contributed by atoms with Gasteiger partial charge in [0, 0.05) is 23.9 Å². The van der Waals surface area contributed by atoms with Crippen molar-refractivity contribution in [3.8, 4) is 11.5 Å². The Bertz CT molecular complexity index is 821. The number of aromatic hydroxyl groups is 2. The zero-order valence-corrected chi connectivity index (χ0v) is 17.0. The second-order valence-electron chi connectivity index (χ2n) is 6.21. The number of rotatable bonds is 8. The fraction of sp³-hybridized carbons (Fsp3) is 0.389. The summed E-state index contributed by atoms with van der Waals surface area (Å²) in [4.78, 5) is 28.3. The van der Waals surface area contributed by atoms with Gasteiger partial charge in [0.25, 0.3) is 0 Å². The number of thiazole rings is 1. The number of phenols is 2. The lowest BCUT2D eigenvalue weighted by atomic mass is 10.2. The summed E-state index contributed by atoms with van der Waals surface area (Å²) in [5.74, 6) is -0.793. The van der Waals surface area contributed by atoms with Crippen LogP contribution in [0.4, 0.5) is 5.69 Å². The van der Waals surface area contributed by atoms with Crippen molar-refractivity contribution in [2.24, 2.45) is 5.92 Å². The van der Waals surface area contributed by atoms with Crippen LogP contribution in [-0.2, 0) is 16.0 Å². The van der Waals surface area contributed by atoms with Crippen LogP contribution in [0.2, 0.25) is 0 Å². The van der Waals surface area contributed by atoms with Crippen molar-refractivity contribution in [2.45, 2.75) is 42.8 Å². The van der Waals surface area contributed by atoms with E-state index in [0.717, 1.165) is 6.42 Å². The quantitative estimate of drug-likeness (QED) is 0.393. The largest absolute Gasteiger partial charge is 0.507 e. The van der Waals surface area contributed by atoms with E-state index in [0.29, 0.717) is 21.5 Å². The first-order valence-electron chi connectivity index (χ1n) is 8.56. The number of hydrogen-bond donors (Lipinski definition) is 4. The van der Waals surface area contributed by atoms with Crippen molar-refractivity contribution >= 4 is 40.6 Å². The molecule has 0 saturated carbocycles. The maximum absolute atomic E-state index is 11.8. The third-order valence-corrected chi connectivity index (χ3v) is 5.54. The molecule has 1 heterocycles. The molecule has 0 aliphatic rings. The molecular formula is C18H23N3O4S2. The molecule has 0 atom stereocenters. The molecule has 0 spiro atoms. The Labute approximate surface area is 166 Å². The Morgan fingerprint density at radius 2 is 2.00 bits per heavy atom. The van der Waals surface area contributed by atoms with Crippen LogP contribution in [-0.4, -0.2) is 33.6 Å². The first-order chi connectivity index (χ1) is 12.8. The molecule has 0 aliphatic heterocycles. The van der Waals surface area contributed by atoms with Gasteiger partial charge < -0.3 is 20.8 Å². The van der Waals surface area contributed by atoms with E-state index < -0.39 is 0 Å². The van der Waals surface area contributed by atoms with Crippen molar-refractivity contribution in [2.75, 3.05) is 11.9 Å². The molecule has 0 unspecified atom stereocenters. The van der Waals surface area contributed by atoms with Gasteiger partial charge in [-0.2, -0.15) is 0 Å². The Hall–Kier alpha value is -2.26. The fourth-order valence-electron chi connectivity index (χ4n) is 2.02. The van der Waals surface area contributed by atoms with Crippen molar-refractivity contribution in [1.29, 1.82) is 0 Å². The predicted molar refractivity (Wildman–Crippen MR) is 106 cm³/mol. The molecule has 27 heavy (non-hydrogen) atoms. The second-order valence-corrected chi connectivity index (χ2v) is 8.36. The number of carbonyl (C=O) groups is 2. The molecule has 2 rings (SSSR count). The molecule has 1 aromatic heterocycles. The number of phenolic OH excluding ortho intramolecular Hbond substituents is 2. The van der Waals surface area contributed by atoms with Gasteiger partial charge in [0.05, 0.1) is 22.7 Å².